The lowest BCUT2D eigenvalue weighted by Gasteiger charge is -2.48. The molecule has 0 bridgehead atoms. The van der Waals surface area contributed by atoms with Crippen LogP contribution in [-0.4, -0.2) is 25.5 Å². The van der Waals surface area contributed by atoms with Crippen molar-refractivity contribution in [1.29, 1.82) is 0 Å². The van der Waals surface area contributed by atoms with Crippen molar-refractivity contribution < 1.29 is 9.53 Å². The van der Waals surface area contributed by atoms with E-state index in [1.807, 2.05) is 12.1 Å². The van der Waals surface area contributed by atoms with Crippen molar-refractivity contribution in [2.75, 3.05) is 18.6 Å². The average Bonchev–Trinajstić information content (AvgIpc) is 2.41. The zero-order valence-corrected chi connectivity index (χ0v) is 14.1. The molecule has 1 aromatic carbocycles. The summed E-state index contributed by atoms with van der Waals surface area (Å²) >= 11 is 0. The van der Waals surface area contributed by atoms with Gasteiger partial charge in [-0.15, -0.1) is 0 Å². The quantitative estimate of drug-likeness (QED) is 0.776. The summed E-state index contributed by atoms with van der Waals surface area (Å²) in [5.74, 6) is 1.81. The molecule has 0 unspecified atom stereocenters. The van der Waals surface area contributed by atoms with Crippen LogP contribution in [0.25, 0.3) is 0 Å². The van der Waals surface area contributed by atoms with E-state index < -0.39 is 0 Å². The molecule has 0 aromatic heterocycles. The number of aldehydes is 1. The number of hydrogen-bond acceptors (Lipinski definition) is 3. The first kappa shape index (κ1) is 15.9. The SMILES string of the molecule is COc1cc(C=O)cc2c1N(CC(C)C)C(C)(C)C[C@@H]2C. The molecule has 0 N–H and O–H groups in total. The summed E-state index contributed by atoms with van der Waals surface area (Å²) in [6.45, 7) is 12.3. The molecule has 116 valence electrons. The van der Waals surface area contributed by atoms with Crippen molar-refractivity contribution in [3.63, 3.8) is 0 Å². The molecule has 1 atom stereocenters. The molecule has 0 saturated heterocycles. The first-order chi connectivity index (χ1) is 9.80. The van der Waals surface area contributed by atoms with Gasteiger partial charge in [-0.1, -0.05) is 20.8 Å². The topological polar surface area (TPSA) is 29.5 Å². The number of carbonyl (C=O) groups is 1. The minimum atomic E-state index is 0.0899. The number of methoxy groups -OCH3 is 1. The Morgan fingerprint density at radius 2 is 2.10 bits per heavy atom. The maximum Gasteiger partial charge on any atom is 0.150 e. The van der Waals surface area contributed by atoms with Crippen LogP contribution in [0.4, 0.5) is 5.69 Å². The maximum absolute atomic E-state index is 11.2. The van der Waals surface area contributed by atoms with Crippen LogP contribution in [0.1, 0.15) is 62.9 Å². The van der Waals surface area contributed by atoms with Gasteiger partial charge in [0, 0.05) is 17.6 Å². The first-order valence-electron chi connectivity index (χ1n) is 7.75. The highest BCUT2D eigenvalue weighted by atomic mass is 16.5. The zero-order valence-electron chi connectivity index (χ0n) is 14.1. The number of hydrogen-bond donors (Lipinski definition) is 0. The van der Waals surface area contributed by atoms with Crippen LogP contribution in [0.5, 0.6) is 5.75 Å². The van der Waals surface area contributed by atoms with E-state index in [0.717, 1.165) is 25.0 Å². The smallest absolute Gasteiger partial charge is 0.150 e. The van der Waals surface area contributed by atoms with Crippen LogP contribution in [-0.2, 0) is 0 Å². The molecule has 0 amide bonds. The Hall–Kier alpha value is -1.51. The molecule has 1 aromatic rings. The van der Waals surface area contributed by atoms with Gasteiger partial charge in [-0.25, -0.2) is 0 Å². The Bertz CT molecular complexity index is 534. The van der Waals surface area contributed by atoms with Gasteiger partial charge in [-0.3, -0.25) is 4.79 Å². The van der Waals surface area contributed by atoms with Crippen LogP contribution in [0, 0.1) is 5.92 Å². The molecule has 0 spiro atoms. The van der Waals surface area contributed by atoms with Gasteiger partial charge in [0.1, 0.15) is 12.0 Å². The summed E-state index contributed by atoms with van der Waals surface area (Å²) in [4.78, 5) is 13.6. The van der Waals surface area contributed by atoms with Crippen LogP contribution >= 0.6 is 0 Å². The zero-order chi connectivity index (χ0) is 15.8. The summed E-state index contributed by atoms with van der Waals surface area (Å²) in [7, 11) is 1.68. The molecule has 1 heterocycles. The van der Waals surface area contributed by atoms with E-state index in [0.29, 0.717) is 17.4 Å². The minimum absolute atomic E-state index is 0.0899. The molecule has 0 fully saturated rings. The van der Waals surface area contributed by atoms with Gasteiger partial charge >= 0.3 is 0 Å². The molecule has 2 rings (SSSR count). The fraction of sp³-hybridized carbons (Fsp3) is 0.611. The third-order valence-electron chi connectivity index (χ3n) is 4.37. The Balaban J connectivity index is 2.65. The molecule has 0 saturated carbocycles. The summed E-state index contributed by atoms with van der Waals surface area (Å²) in [5.41, 5.74) is 3.19. The molecule has 0 aliphatic carbocycles. The maximum atomic E-state index is 11.2. The van der Waals surface area contributed by atoms with E-state index in [1.165, 1.54) is 11.3 Å². The Morgan fingerprint density at radius 3 is 2.62 bits per heavy atom. The lowest BCUT2D eigenvalue weighted by atomic mass is 9.79. The third-order valence-corrected chi connectivity index (χ3v) is 4.37. The van der Waals surface area contributed by atoms with Crippen molar-refractivity contribution in [3.8, 4) is 5.75 Å². The highest BCUT2D eigenvalue weighted by Gasteiger charge is 2.38. The van der Waals surface area contributed by atoms with E-state index >= 15 is 0 Å². The molecule has 0 radical (unpaired) electrons. The van der Waals surface area contributed by atoms with Crippen LogP contribution in [0.3, 0.4) is 0 Å². The largest absolute Gasteiger partial charge is 0.495 e. The van der Waals surface area contributed by atoms with E-state index in [9.17, 15) is 4.79 Å². The number of benzene rings is 1. The number of fused-ring (bicyclic) bond motifs is 1. The van der Waals surface area contributed by atoms with Crippen molar-refractivity contribution in [3.05, 3.63) is 23.3 Å². The first-order valence-corrected chi connectivity index (χ1v) is 7.75. The summed E-state index contributed by atoms with van der Waals surface area (Å²) in [5, 5.41) is 0. The predicted molar refractivity (Wildman–Crippen MR) is 87.7 cm³/mol. The Labute approximate surface area is 128 Å². The summed E-state index contributed by atoms with van der Waals surface area (Å²) in [6.07, 6.45) is 1.99. The molecule has 3 heteroatoms. The Morgan fingerprint density at radius 1 is 1.43 bits per heavy atom. The van der Waals surface area contributed by atoms with Gasteiger partial charge in [0.25, 0.3) is 0 Å². The second-order valence-corrected chi connectivity index (χ2v) is 7.20. The highest BCUT2D eigenvalue weighted by Crippen LogP contribution is 2.48. The molecule has 3 nitrogen and oxygen atoms in total. The van der Waals surface area contributed by atoms with Crippen molar-refractivity contribution in [2.24, 2.45) is 5.92 Å². The standard InChI is InChI=1S/C18H27NO2/c1-12(2)10-19-17-15(13(3)9-18(19,4)5)7-14(11-20)8-16(17)21-6/h7-8,11-13H,9-10H2,1-6H3/t13-/m0/s1. The van der Waals surface area contributed by atoms with E-state index in [2.05, 4.69) is 39.5 Å². The molecule has 1 aliphatic rings. The van der Waals surface area contributed by atoms with Crippen molar-refractivity contribution >= 4 is 12.0 Å². The Kier molecular flexibility index (Phi) is 4.31. The summed E-state index contributed by atoms with van der Waals surface area (Å²) in [6, 6.07) is 3.88. The fourth-order valence-electron chi connectivity index (χ4n) is 3.52. The number of nitrogens with zero attached hydrogens (tertiary/aromatic N) is 1. The number of rotatable bonds is 4. The van der Waals surface area contributed by atoms with Crippen molar-refractivity contribution in [2.45, 2.75) is 52.5 Å². The number of anilines is 1. The highest BCUT2D eigenvalue weighted by molar-refractivity contribution is 5.81. The number of carbonyl (C=O) groups excluding carboxylic acids is 1. The predicted octanol–water partition coefficient (Wildman–Crippen LogP) is 4.26. The van der Waals surface area contributed by atoms with Crippen LogP contribution < -0.4 is 9.64 Å². The lowest BCUT2D eigenvalue weighted by Crippen LogP contribution is -2.50. The van der Waals surface area contributed by atoms with Gasteiger partial charge in [0.2, 0.25) is 0 Å². The monoisotopic (exact) mass is 289 g/mol. The third kappa shape index (κ3) is 2.92. The molecular weight excluding hydrogens is 262 g/mol. The van der Waals surface area contributed by atoms with Crippen LogP contribution in [0.15, 0.2) is 12.1 Å². The lowest BCUT2D eigenvalue weighted by molar-refractivity contribution is 0.112. The average molecular weight is 289 g/mol. The second-order valence-electron chi connectivity index (χ2n) is 7.20. The van der Waals surface area contributed by atoms with Gasteiger partial charge in [0.05, 0.1) is 12.8 Å². The van der Waals surface area contributed by atoms with Gasteiger partial charge < -0.3 is 9.64 Å². The van der Waals surface area contributed by atoms with Gasteiger partial charge in [-0.2, -0.15) is 0 Å². The molecular formula is C18H27NO2. The van der Waals surface area contributed by atoms with Crippen molar-refractivity contribution in [1.82, 2.24) is 0 Å². The van der Waals surface area contributed by atoms with E-state index in [4.69, 9.17) is 4.74 Å². The fourth-order valence-corrected chi connectivity index (χ4v) is 3.52. The van der Waals surface area contributed by atoms with Gasteiger partial charge in [0.15, 0.2) is 0 Å². The minimum Gasteiger partial charge on any atom is -0.495 e. The molecule has 1 aliphatic heterocycles. The van der Waals surface area contributed by atoms with E-state index in [1.54, 1.807) is 7.11 Å². The molecule has 21 heavy (non-hydrogen) atoms. The normalized spacial score (nSPS) is 20.3. The number of ether oxygens (including phenoxy) is 1. The second kappa shape index (κ2) is 5.70. The van der Waals surface area contributed by atoms with Crippen LogP contribution in [0.2, 0.25) is 0 Å². The van der Waals surface area contributed by atoms with Gasteiger partial charge in [-0.05, 0) is 49.8 Å². The van der Waals surface area contributed by atoms with E-state index in [-0.39, 0.29) is 5.54 Å². The summed E-state index contributed by atoms with van der Waals surface area (Å²) < 4.78 is 5.61.